The lowest BCUT2D eigenvalue weighted by Gasteiger charge is -2.45. The third-order valence-electron chi connectivity index (χ3n) is 7.53. The van der Waals surface area contributed by atoms with Crippen LogP contribution in [0, 0.1) is 5.92 Å². The van der Waals surface area contributed by atoms with E-state index in [-0.39, 0.29) is 59.2 Å². The molecule has 4 rings (SSSR count). The van der Waals surface area contributed by atoms with Crippen LogP contribution in [0.3, 0.4) is 0 Å². The number of esters is 1. The van der Waals surface area contributed by atoms with Gasteiger partial charge in [-0.05, 0) is 0 Å². The molecule has 4 aliphatic heterocycles. The minimum Gasteiger partial charge on any atom is -0.477 e. The SMILES string of the molecule is CC(C)C(=O)C[N+]1(C)CC[N+]2(CC(=O)O)CC[N+]3(CC[N+]4(COC(=O)C4)C1)CC(=O)ON23. The maximum Gasteiger partial charge on any atom is 0.392 e. The molecule has 32 heavy (non-hydrogen) atoms. The van der Waals surface area contributed by atoms with Crippen LogP contribution in [0.4, 0.5) is 0 Å². The molecule has 4 saturated heterocycles. The van der Waals surface area contributed by atoms with Crippen molar-refractivity contribution in [2.75, 3.05) is 85.9 Å². The van der Waals surface area contributed by atoms with Gasteiger partial charge in [-0.1, -0.05) is 13.8 Å². The highest BCUT2D eigenvalue weighted by atomic mass is 16.8. The number of carbonyl (C=O) groups is 4. The first-order chi connectivity index (χ1) is 14.9. The van der Waals surface area contributed by atoms with Gasteiger partial charge in [-0.15, -0.1) is 9.18 Å². The van der Waals surface area contributed by atoms with Gasteiger partial charge in [-0.2, -0.15) is 0 Å². The molecule has 0 aromatic carbocycles. The zero-order chi connectivity index (χ0) is 23.4. The van der Waals surface area contributed by atoms with Gasteiger partial charge in [0.05, 0.1) is 7.05 Å². The Balaban J connectivity index is 1.73. The third kappa shape index (κ3) is 4.01. The van der Waals surface area contributed by atoms with E-state index >= 15 is 0 Å². The zero-order valence-electron chi connectivity index (χ0n) is 19.2. The number of likely N-dealkylation sites (N-methyl/N-ethyl adjacent to an activating group) is 1. The number of aliphatic carboxylic acids is 1. The fourth-order valence-electron chi connectivity index (χ4n) is 5.75. The van der Waals surface area contributed by atoms with E-state index in [1.807, 2.05) is 20.9 Å². The topological polar surface area (TPSA) is 110 Å². The lowest BCUT2D eigenvalue weighted by atomic mass is 10.1. The standard InChI is InChI=1S/C20H34N5O7/c1-16(2)17(26)10-22(3)4-6-24(11-18(27)28)8-9-25(13-20(30)32-21(24)25)7-5-23(14-22)12-19(29)31-15-23/h16H,4-15H2,1-3H3/q+3/p+1. The Bertz CT molecular complexity index is 852. The van der Waals surface area contributed by atoms with Crippen LogP contribution < -0.4 is 0 Å². The van der Waals surface area contributed by atoms with Gasteiger partial charge in [-0.3, -0.25) is 14.1 Å². The molecule has 0 aromatic heterocycles. The van der Waals surface area contributed by atoms with Crippen molar-refractivity contribution in [1.82, 2.24) is 5.28 Å². The van der Waals surface area contributed by atoms with E-state index in [0.29, 0.717) is 61.4 Å². The van der Waals surface area contributed by atoms with Crippen LogP contribution in [0.5, 0.6) is 0 Å². The van der Waals surface area contributed by atoms with Crippen molar-refractivity contribution in [3.8, 4) is 0 Å². The highest BCUT2D eigenvalue weighted by molar-refractivity contribution is 5.81. The molecule has 4 fully saturated rings. The van der Waals surface area contributed by atoms with Crippen molar-refractivity contribution < 1.29 is 52.0 Å². The number of nitrogens with zero attached hydrogens (tertiary/aromatic N) is 5. The molecule has 1 N–H and O–H groups in total. The van der Waals surface area contributed by atoms with E-state index in [4.69, 9.17) is 9.57 Å². The molecule has 4 aliphatic rings. The Morgan fingerprint density at radius 1 is 1.00 bits per heavy atom. The second-order valence-electron chi connectivity index (χ2n) is 10.6. The average Bonchev–Trinajstić information content (AvgIpc) is 3.30. The van der Waals surface area contributed by atoms with Crippen molar-refractivity contribution in [3.05, 3.63) is 0 Å². The minimum atomic E-state index is -0.959. The van der Waals surface area contributed by atoms with E-state index in [0.717, 1.165) is 0 Å². The number of ketones is 1. The predicted molar refractivity (Wildman–Crippen MR) is 107 cm³/mol. The Hall–Kier alpha value is -2.12. The summed E-state index contributed by atoms with van der Waals surface area (Å²) >= 11 is 0. The number of cyclic esters (lactones) is 1. The van der Waals surface area contributed by atoms with Crippen molar-refractivity contribution in [2.45, 2.75) is 13.8 Å². The molecule has 0 radical (unpaired) electrons. The first kappa shape index (κ1) is 23.1. The van der Waals surface area contributed by atoms with E-state index in [9.17, 15) is 24.3 Å². The molecule has 4 unspecified atom stereocenters. The average molecular weight is 458 g/mol. The van der Waals surface area contributed by atoms with Crippen LogP contribution in [0.25, 0.3) is 0 Å². The molecule has 2 bridgehead atoms. The second kappa shape index (κ2) is 7.73. The number of quaternary nitrogens is 4. The first-order valence-electron chi connectivity index (χ1n) is 11.2. The molecule has 12 nitrogen and oxygen atoms in total. The summed E-state index contributed by atoms with van der Waals surface area (Å²) < 4.78 is 6.41. The van der Waals surface area contributed by atoms with Gasteiger partial charge in [0.1, 0.15) is 19.6 Å². The quantitative estimate of drug-likeness (QED) is 0.384. The number of carboxylic acids is 1. The molecule has 4 atom stereocenters. The lowest BCUT2D eigenvalue weighted by molar-refractivity contribution is -1.24. The summed E-state index contributed by atoms with van der Waals surface area (Å²) in [6.45, 7) is 8.15. The molecule has 178 valence electrons. The number of hydrogen-bond acceptors (Lipinski definition) is 7. The number of rotatable bonds is 5. The summed E-state index contributed by atoms with van der Waals surface area (Å²) in [7, 11) is 2.00. The monoisotopic (exact) mass is 457 g/mol. The molecular weight excluding hydrogens is 422 g/mol. The van der Waals surface area contributed by atoms with Crippen LogP contribution >= 0.6 is 0 Å². The maximum atomic E-state index is 12.8. The Morgan fingerprint density at radius 2 is 1.69 bits per heavy atom. The largest absolute Gasteiger partial charge is 0.477 e. The second-order valence-corrected chi connectivity index (χ2v) is 10.6. The van der Waals surface area contributed by atoms with E-state index in [2.05, 4.69) is 0 Å². The summed E-state index contributed by atoms with van der Waals surface area (Å²) in [6.07, 6.45) is 0. The molecule has 0 aromatic rings. The Labute approximate surface area is 187 Å². The number of Topliss-reactive ketones (excluding diaryl/α,β-unsaturated/α-hetero) is 1. The first-order valence-corrected chi connectivity index (χ1v) is 11.2. The molecule has 4 heterocycles. The van der Waals surface area contributed by atoms with Crippen molar-refractivity contribution in [1.29, 1.82) is 0 Å². The number of carbonyl (C=O) groups excluding carboxylic acids is 3. The molecule has 0 aliphatic carbocycles. The van der Waals surface area contributed by atoms with Crippen molar-refractivity contribution >= 4 is 23.7 Å². The van der Waals surface area contributed by atoms with Crippen LogP contribution in [0.15, 0.2) is 0 Å². The molecular formula is C20H35N5O7+4. The number of carboxylic acid groups (broad SMARTS) is 1. The van der Waals surface area contributed by atoms with Gasteiger partial charge in [-0.25, -0.2) is 18.9 Å². The maximum absolute atomic E-state index is 12.8. The van der Waals surface area contributed by atoms with Crippen LogP contribution in [0.1, 0.15) is 13.8 Å². The Kier molecular flexibility index (Phi) is 5.57. The molecule has 0 amide bonds. The fraction of sp³-hybridized carbons (Fsp3) is 0.800. The molecule has 1 spiro atoms. The summed E-state index contributed by atoms with van der Waals surface area (Å²) in [4.78, 5) is 54.7. The summed E-state index contributed by atoms with van der Waals surface area (Å²) in [5, 5.41) is 11.3. The van der Waals surface area contributed by atoms with Gasteiger partial charge < -0.3 is 9.84 Å². The van der Waals surface area contributed by atoms with Gasteiger partial charge >= 0.3 is 17.9 Å². The normalized spacial score (nSPS) is 39.8. The van der Waals surface area contributed by atoms with Crippen LogP contribution in [0.2, 0.25) is 0 Å². The minimum absolute atomic E-state index is 0.0280. The lowest BCUT2D eigenvalue weighted by Crippen LogP contribution is -2.72. The van der Waals surface area contributed by atoms with Gasteiger partial charge in [0.15, 0.2) is 38.5 Å². The van der Waals surface area contributed by atoms with Gasteiger partial charge in [0.2, 0.25) is 31.8 Å². The number of ether oxygens (including phenoxy) is 1. The summed E-state index contributed by atoms with van der Waals surface area (Å²) in [5.41, 5.74) is 0. The fourth-order valence-corrected chi connectivity index (χ4v) is 5.75. The van der Waals surface area contributed by atoms with Crippen molar-refractivity contribution in [2.24, 2.45) is 5.92 Å². The van der Waals surface area contributed by atoms with E-state index in [1.54, 1.807) is 5.28 Å². The van der Waals surface area contributed by atoms with Crippen molar-refractivity contribution in [3.63, 3.8) is 0 Å². The van der Waals surface area contributed by atoms with Crippen LogP contribution in [-0.2, 0) is 28.8 Å². The summed E-state index contributed by atoms with van der Waals surface area (Å²) in [6, 6.07) is 0. The van der Waals surface area contributed by atoms with E-state index < -0.39 is 5.97 Å². The van der Waals surface area contributed by atoms with Crippen LogP contribution in [-0.4, -0.2) is 138 Å². The molecule has 0 saturated carbocycles. The third-order valence-corrected chi connectivity index (χ3v) is 7.53. The number of hydrogen-bond donors (Lipinski definition) is 1. The molecule has 12 heteroatoms. The van der Waals surface area contributed by atoms with E-state index in [1.165, 1.54) is 0 Å². The van der Waals surface area contributed by atoms with Gasteiger partial charge in [0, 0.05) is 5.92 Å². The predicted octanol–water partition coefficient (Wildman–Crippen LogP) is -1.70. The zero-order valence-corrected chi connectivity index (χ0v) is 19.2. The summed E-state index contributed by atoms with van der Waals surface area (Å²) in [5.74, 6) is -1.59. The highest BCUT2D eigenvalue weighted by Crippen LogP contribution is 2.37. The smallest absolute Gasteiger partial charge is 0.392 e. The van der Waals surface area contributed by atoms with Gasteiger partial charge in [0.25, 0.3) is 0 Å². The highest BCUT2D eigenvalue weighted by Gasteiger charge is 2.68. The Morgan fingerprint density at radius 3 is 2.31 bits per heavy atom.